The summed E-state index contributed by atoms with van der Waals surface area (Å²) in [4.78, 5) is 22.0. The third-order valence-electron chi connectivity index (χ3n) is 2.45. The summed E-state index contributed by atoms with van der Waals surface area (Å²) in [5, 5.41) is 21.2. The Morgan fingerprint density at radius 2 is 2.10 bits per heavy atom. The van der Waals surface area contributed by atoms with Crippen LogP contribution >= 0.6 is 11.8 Å². The molecule has 1 aromatic rings. The van der Waals surface area contributed by atoms with Crippen molar-refractivity contribution < 1.29 is 14.7 Å². The lowest BCUT2D eigenvalue weighted by molar-refractivity contribution is 0.0690. The van der Waals surface area contributed by atoms with Gasteiger partial charge in [0.25, 0.3) is 0 Å². The second-order valence-corrected chi connectivity index (χ2v) is 5.04. The molecule has 9 heteroatoms. The molecular weight excluding hydrogens is 282 g/mol. The topological polar surface area (TPSA) is 109 Å². The van der Waals surface area contributed by atoms with Crippen LogP contribution in [0.1, 0.15) is 23.3 Å². The Kier molecular flexibility index (Phi) is 7.48. The van der Waals surface area contributed by atoms with Gasteiger partial charge in [-0.05, 0) is 24.9 Å². The van der Waals surface area contributed by atoms with Gasteiger partial charge < -0.3 is 15.7 Å². The van der Waals surface area contributed by atoms with E-state index in [1.54, 1.807) is 11.8 Å². The molecule has 0 bridgehead atoms. The molecule has 0 aliphatic carbocycles. The lowest BCUT2D eigenvalue weighted by Crippen LogP contribution is -2.37. The van der Waals surface area contributed by atoms with Crippen LogP contribution in [0.2, 0.25) is 0 Å². The predicted molar refractivity (Wildman–Crippen MR) is 76.0 cm³/mol. The first-order valence-electron chi connectivity index (χ1n) is 6.27. The number of nitrogens with one attached hydrogen (secondary N) is 2. The number of unbranched alkanes of at least 4 members (excludes halogenated alkanes) is 1. The molecule has 1 heterocycles. The van der Waals surface area contributed by atoms with Crippen molar-refractivity contribution in [1.29, 1.82) is 0 Å². The van der Waals surface area contributed by atoms with E-state index in [0.717, 1.165) is 18.6 Å². The molecule has 112 valence electrons. The number of amides is 2. The standard InChI is InChI=1S/C11H19N5O3S/c1-20-7-3-2-4-12-11(19)13-5-6-16-8-9(10(17)18)14-15-16/h8H,2-7H2,1H3,(H,17,18)(H2,12,13,19). The Morgan fingerprint density at radius 1 is 1.35 bits per heavy atom. The van der Waals surface area contributed by atoms with Crippen molar-refractivity contribution in [2.45, 2.75) is 19.4 Å². The normalized spacial score (nSPS) is 10.2. The molecule has 0 spiro atoms. The molecule has 0 aliphatic rings. The third kappa shape index (κ3) is 6.41. The molecule has 1 aromatic heterocycles. The van der Waals surface area contributed by atoms with Gasteiger partial charge in [0.15, 0.2) is 5.69 Å². The Labute approximate surface area is 121 Å². The first kappa shape index (κ1) is 16.3. The number of aromatic carboxylic acids is 1. The maximum atomic E-state index is 11.4. The minimum absolute atomic E-state index is 0.108. The summed E-state index contributed by atoms with van der Waals surface area (Å²) in [6.45, 7) is 1.39. The van der Waals surface area contributed by atoms with Crippen molar-refractivity contribution in [1.82, 2.24) is 25.6 Å². The summed E-state index contributed by atoms with van der Waals surface area (Å²) in [5.74, 6) is -0.0196. The first-order chi connectivity index (χ1) is 9.63. The Bertz CT molecular complexity index is 437. The quantitative estimate of drug-likeness (QED) is 0.570. The van der Waals surface area contributed by atoms with Crippen LogP contribution in [0.15, 0.2) is 6.20 Å². The summed E-state index contributed by atoms with van der Waals surface area (Å²) in [7, 11) is 0. The van der Waals surface area contributed by atoms with Gasteiger partial charge in [-0.3, -0.25) is 0 Å². The molecule has 3 N–H and O–H groups in total. The fraction of sp³-hybridized carbons (Fsp3) is 0.636. The maximum Gasteiger partial charge on any atom is 0.358 e. The largest absolute Gasteiger partial charge is 0.476 e. The summed E-state index contributed by atoms with van der Waals surface area (Å²) in [5.41, 5.74) is -0.108. The highest BCUT2D eigenvalue weighted by Crippen LogP contribution is 1.97. The predicted octanol–water partition coefficient (Wildman–Crippen LogP) is 0.419. The van der Waals surface area contributed by atoms with Crippen LogP contribution in [0.4, 0.5) is 4.79 Å². The van der Waals surface area contributed by atoms with Crippen LogP contribution in [-0.2, 0) is 6.54 Å². The van der Waals surface area contributed by atoms with Crippen molar-refractivity contribution in [3.05, 3.63) is 11.9 Å². The lowest BCUT2D eigenvalue weighted by atomic mass is 10.3. The second-order valence-electron chi connectivity index (χ2n) is 4.05. The van der Waals surface area contributed by atoms with E-state index in [-0.39, 0.29) is 11.7 Å². The number of carboxylic acids is 1. The van der Waals surface area contributed by atoms with Crippen molar-refractivity contribution >= 4 is 23.8 Å². The van der Waals surface area contributed by atoms with E-state index in [1.807, 2.05) is 0 Å². The molecule has 8 nitrogen and oxygen atoms in total. The first-order valence-corrected chi connectivity index (χ1v) is 7.67. The number of hydrogen-bond acceptors (Lipinski definition) is 5. The second kappa shape index (κ2) is 9.18. The molecule has 0 saturated carbocycles. The van der Waals surface area contributed by atoms with Crippen LogP contribution < -0.4 is 10.6 Å². The van der Waals surface area contributed by atoms with Crippen molar-refractivity contribution in [3.8, 4) is 0 Å². The minimum atomic E-state index is -1.12. The minimum Gasteiger partial charge on any atom is -0.476 e. The van der Waals surface area contributed by atoms with E-state index < -0.39 is 5.97 Å². The molecule has 0 aromatic carbocycles. The highest BCUT2D eigenvalue weighted by atomic mass is 32.2. The van der Waals surface area contributed by atoms with Crippen LogP contribution in [0, 0.1) is 0 Å². The molecule has 1 rings (SSSR count). The van der Waals surface area contributed by atoms with E-state index in [2.05, 4.69) is 27.2 Å². The number of aromatic nitrogens is 3. The zero-order valence-electron chi connectivity index (χ0n) is 11.3. The number of rotatable bonds is 9. The Hall–Kier alpha value is -1.77. The number of nitrogens with zero attached hydrogens (tertiary/aromatic N) is 3. The Balaban J connectivity index is 2.10. The molecule has 0 aliphatic heterocycles. The maximum absolute atomic E-state index is 11.4. The monoisotopic (exact) mass is 301 g/mol. The third-order valence-corrected chi connectivity index (χ3v) is 3.14. The summed E-state index contributed by atoms with van der Waals surface area (Å²) in [6.07, 6.45) is 5.42. The number of carboxylic acid groups (broad SMARTS) is 1. The molecule has 0 atom stereocenters. The number of thioether (sulfide) groups is 1. The average Bonchev–Trinajstić information content (AvgIpc) is 2.87. The highest BCUT2D eigenvalue weighted by Gasteiger charge is 2.07. The van der Waals surface area contributed by atoms with Crippen LogP contribution in [-0.4, -0.2) is 57.2 Å². The zero-order valence-corrected chi connectivity index (χ0v) is 12.2. The van der Waals surface area contributed by atoms with Crippen LogP contribution in [0.25, 0.3) is 0 Å². The number of hydrogen-bond donors (Lipinski definition) is 3. The van der Waals surface area contributed by atoms with E-state index in [1.165, 1.54) is 10.9 Å². The molecule has 0 fully saturated rings. The van der Waals surface area contributed by atoms with Crippen molar-refractivity contribution in [2.75, 3.05) is 25.1 Å². The van der Waals surface area contributed by atoms with Gasteiger partial charge in [-0.1, -0.05) is 5.21 Å². The number of carbonyl (C=O) groups excluding carboxylic acids is 1. The molecule has 2 amide bonds. The number of urea groups is 1. The van der Waals surface area contributed by atoms with Gasteiger partial charge in [0.2, 0.25) is 0 Å². The SMILES string of the molecule is CSCCCCNC(=O)NCCn1cc(C(=O)O)nn1. The fourth-order valence-electron chi connectivity index (χ4n) is 1.43. The van der Waals surface area contributed by atoms with Crippen molar-refractivity contribution in [3.63, 3.8) is 0 Å². The van der Waals surface area contributed by atoms with Gasteiger partial charge in [-0.15, -0.1) is 5.10 Å². The van der Waals surface area contributed by atoms with Gasteiger partial charge in [-0.25, -0.2) is 14.3 Å². The van der Waals surface area contributed by atoms with Gasteiger partial charge in [-0.2, -0.15) is 11.8 Å². The average molecular weight is 301 g/mol. The zero-order chi connectivity index (χ0) is 14.8. The molecule has 20 heavy (non-hydrogen) atoms. The molecular formula is C11H19N5O3S. The smallest absolute Gasteiger partial charge is 0.358 e. The molecule has 0 saturated heterocycles. The van der Waals surface area contributed by atoms with Gasteiger partial charge in [0, 0.05) is 13.1 Å². The summed E-state index contributed by atoms with van der Waals surface area (Å²) in [6, 6.07) is -0.229. The number of carbonyl (C=O) groups is 2. The van der Waals surface area contributed by atoms with E-state index in [9.17, 15) is 9.59 Å². The molecule has 0 unspecified atom stereocenters. The van der Waals surface area contributed by atoms with Crippen LogP contribution in [0.3, 0.4) is 0 Å². The molecule has 0 radical (unpaired) electrons. The van der Waals surface area contributed by atoms with Crippen LogP contribution in [0.5, 0.6) is 0 Å². The van der Waals surface area contributed by atoms with E-state index >= 15 is 0 Å². The van der Waals surface area contributed by atoms with Gasteiger partial charge in [0.05, 0.1) is 12.7 Å². The summed E-state index contributed by atoms with van der Waals surface area (Å²) >= 11 is 1.79. The highest BCUT2D eigenvalue weighted by molar-refractivity contribution is 7.98. The van der Waals surface area contributed by atoms with Gasteiger partial charge >= 0.3 is 12.0 Å². The van der Waals surface area contributed by atoms with Gasteiger partial charge in [0.1, 0.15) is 0 Å². The van der Waals surface area contributed by atoms with E-state index in [4.69, 9.17) is 5.11 Å². The lowest BCUT2D eigenvalue weighted by Gasteiger charge is -2.07. The Morgan fingerprint density at radius 3 is 2.75 bits per heavy atom. The van der Waals surface area contributed by atoms with Crippen molar-refractivity contribution in [2.24, 2.45) is 0 Å². The fourth-order valence-corrected chi connectivity index (χ4v) is 1.92. The van der Waals surface area contributed by atoms with E-state index in [0.29, 0.717) is 19.6 Å². The summed E-state index contributed by atoms with van der Waals surface area (Å²) < 4.78 is 1.38.